The predicted molar refractivity (Wildman–Crippen MR) is 78.8 cm³/mol. The van der Waals surface area contributed by atoms with Gasteiger partial charge in [-0.3, -0.25) is 0 Å². The quantitative estimate of drug-likeness (QED) is 0.843. The molecule has 0 spiro atoms. The molecule has 2 aromatic rings. The average Bonchev–Trinajstić information content (AvgIpc) is 2.49. The summed E-state index contributed by atoms with van der Waals surface area (Å²) in [7, 11) is 0. The third kappa shape index (κ3) is 3.89. The molecule has 0 aromatic heterocycles. The maximum Gasteiger partial charge on any atom is 0.123 e. The monoisotopic (exact) mass is 273 g/mol. The maximum absolute atomic E-state index is 12.8. The molecule has 2 unspecified atom stereocenters. The molecule has 106 valence electrons. The molecule has 2 aromatic carbocycles. The minimum absolute atomic E-state index is 0.214. The fraction of sp³-hybridized carbons (Fsp3) is 0.294. The fourth-order valence-electron chi connectivity index (χ4n) is 2.24. The van der Waals surface area contributed by atoms with Crippen molar-refractivity contribution in [3.05, 3.63) is 71.5 Å². The lowest BCUT2D eigenvalue weighted by molar-refractivity contribution is 0.169. The number of nitrogens with one attached hydrogen (secondary N) is 1. The zero-order valence-corrected chi connectivity index (χ0v) is 11.6. The first-order chi connectivity index (χ1) is 9.70. The summed E-state index contributed by atoms with van der Waals surface area (Å²) < 4.78 is 12.8. The average molecular weight is 273 g/mol. The first-order valence-corrected chi connectivity index (χ1v) is 6.92. The molecule has 3 heteroatoms. The SMILES string of the molecule is CCC(NCC(O)c1ccc(F)cc1)c1ccccc1. The summed E-state index contributed by atoms with van der Waals surface area (Å²) in [4.78, 5) is 0. The van der Waals surface area contributed by atoms with Gasteiger partial charge in [0.2, 0.25) is 0 Å². The van der Waals surface area contributed by atoms with Crippen LogP contribution in [-0.2, 0) is 0 Å². The van der Waals surface area contributed by atoms with E-state index in [0.717, 1.165) is 12.0 Å². The van der Waals surface area contributed by atoms with E-state index in [1.807, 2.05) is 18.2 Å². The van der Waals surface area contributed by atoms with E-state index in [4.69, 9.17) is 0 Å². The van der Waals surface area contributed by atoms with Crippen molar-refractivity contribution in [1.29, 1.82) is 0 Å². The summed E-state index contributed by atoms with van der Waals surface area (Å²) in [6.07, 6.45) is 0.313. The van der Waals surface area contributed by atoms with E-state index in [9.17, 15) is 9.50 Å². The van der Waals surface area contributed by atoms with Crippen molar-refractivity contribution in [2.75, 3.05) is 6.54 Å². The van der Waals surface area contributed by atoms with Crippen molar-refractivity contribution < 1.29 is 9.50 Å². The number of aliphatic hydroxyl groups excluding tert-OH is 1. The topological polar surface area (TPSA) is 32.3 Å². The van der Waals surface area contributed by atoms with Gasteiger partial charge in [-0.25, -0.2) is 4.39 Å². The first-order valence-electron chi connectivity index (χ1n) is 6.92. The summed E-state index contributed by atoms with van der Waals surface area (Å²) in [6.45, 7) is 2.55. The van der Waals surface area contributed by atoms with Crippen LogP contribution in [0.4, 0.5) is 4.39 Å². The van der Waals surface area contributed by atoms with E-state index in [-0.39, 0.29) is 11.9 Å². The molecule has 0 radical (unpaired) electrons. The third-order valence-electron chi connectivity index (χ3n) is 3.42. The molecule has 0 aliphatic rings. The smallest absolute Gasteiger partial charge is 0.123 e. The normalized spacial score (nSPS) is 13.9. The number of halogens is 1. The van der Waals surface area contributed by atoms with Crippen LogP contribution in [0.15, 0.2) is 54.6 Å². The highest BCUT2D eigenvalue weighted by molar-refractivity contribution is 5.20. The zero-order chi connectivity index (χ0) is 14.4. The third-order valence-corrected chi connectivity index (χ3v) is 3.42. The van der Waals surface area contributed by atoms with Crippen molar-refractivity contribution in [3.8, 4) is 0 Å². The van der Waals surface area contributed by atoms with E-state index in [1.165, 1.54) is 17.7 Å². The van der Waals surface area contributed by atoms with Crippen LogP contribution >= 0.6 is 0 Å². The molecule has 0 amide bonds. The number of hydrogen-bond acceptors (Lipinski definition) is 2. The van der Waals surface area contributed by atoms with E-state index < -0.39 is 6.10 Å². The standard InChI is InChI=1S/C17H20FNO/c1-2-16(13-6-4-3-5-7-13)19-12-17(20)14-8-10-15(18)11-9-14/h3-11,16-17,19-20H,2,12H2,1H3. The lowest BCUT2D eigenvalue weighted by Gasteiger charge is -2.20. The molecular formula is C17H20FNO. The van der Waals surface area contributed by atoms with Gasteiger partial charge in [-0.15, -0.1) is 0 Å². The van der Waals surface area contributed by atoms with Crippen LogP contribution in [0, 0.1) is 5.82 Å². The van der Waals surface area contributed by atoms with E-state index >= 15 is 0 Å². The van der Waals surface area contributed by atoms with Gasteiger partial charge in [-0.05, 0) is 29.7 Å². The van der Waals surface area contributed by atoms with Gasteiger partial charge in [-0.1, -0.05) is 49.4 Å². The van der Waals surface area contributed by atoms with Crippen LogP contribution < -0.4 is 5.32 Å². The Balaban J connectivity index is 1.94. The van der Waals surface area contributed by atoms with Crippen molar-refractivity contribution in [3.63, 3.8) is 0 Å². The maximum atomic E-state index is 12.8. The zero-order valence-electron chi connectivity index (χ0n) is 11.6. The van der Waals surface area contributed by atoms with Crippen LogP contribution in [0.5, 0.6) is 0 Å². The number of aliphatic hydroxyl groups is 1. The second-order valence-corrected chi connectivity index (χ2v) is 4.85. The summed E-state index contributed by atoms with van der Waals surface area (Å²) in [5.74, 6) is -0.287. The number of rotatable bonds is 6. The van der Waals surface area contributed by atoms with E-state index in [0.29, 0.717) is 6.54 Å². The second kappa shape index (κ2) is 7.17. The molecule has 0 bridgehead atoms. The summed E-state index contributed by atoms with van der Waals surface area (Å²) >= 11 is 0. The fourth-order valence-corrected chi connectivity index (χ4v) is 2.24. The molecule has 0 aliphatic heterocycles. The van der Waals surface area contributed by atoms with Crippen LogP contribution in [0.3, 0.4) is 0 Å². The van der Waals surface area contributed by atoms with Crippen LogP contribution in [0.25, 0.3) is 0 Å². The van der Waals surface area contributed by atoms with Crippen molar-refractivity contribution >= 4 is 0 Å². The van der Waals surface area contributed by atoms with Gasteiger partial charge in [0, 0.05) is 12.6 Å². The van der Waals surface area contributed by atoms with E-state index in [1.54, 1.807) is 12.1 Å². The Labute approximate surface area is 119 Å². The molecular weight excluding hydrogens is 253 g/mol. The number of benzene rings is 2. The Morgan fingerprint density at radius 3 is 2.25 bits per heavy atom. The summed E-state index contributed by atoms with van der Waals surface area (Å²) in [6, 6.07) is 16.3. The first kappa shape index (κ1) is 14.7. The van der Waals surface area contributed by atoms with Gasteiger partial charge in [-0.2, -0.15) is 0 Å². The minimum Gasteiger partial charge on any atom is -0.387 e. The number of hydrogen-bond donors (Lipinski definition) is 2. The lowest BCUT2D eigenvalue weighted by Crippen LogP contribution is -2.26. The van der Waals surface area contributed by atoms with E-state index in [2.05, 4.69) is 24.4 Å². The Hall–Kier alpha value is -1.71. The molecule has 0 heterocycles. The Kier molecular flexibility index (Phi) is 5.27. The Morgan fingerprint density at radius 1 is 1.00 bits per heavy atom. The Morgan fingerprint density at radius 2 is 1.65 bits per heavy atom. The molecule has 2 N–H and O–H groups in total. The Bertz CT molecular complexity index is 512. The highest BCUT2D eigenvalue weighted by Crippen LogP contribution is 2.18. The molecule has 20 heavy (non-hydrogen) atoms. The highest BCUT2D eigenvalue weighted by atomic mass is 19.1. The van der Waals surface area contributed by atoms with Crippen molar-refractivity contribution in [2.45, 2.75) is 25.5 Å². The van der Waals surface area contributed by atoms with Gasteiger partial charge in [0.15, 0.2) is 0 Å². The van der Waals surface area contributed by atoms with Crippen molar-refractivity contribution in [1.82, 2.24) is 5.32 Å². The minimum atomic E-state index is -0.631. The largest absolute Gasteiger partial charge is 0.387 e. The predicted octanol–water partition coefficient (Wildman–Crippen LogP) is 3.60. The molecule has 0 saturated heterocycles. The molecule has 0 aliphatic carbocycles. The lowest BCUT2D eigenvalue weighted by atomic mass is 10.0. The van der Waals surface area contributed by atoms with Gasteiger partial charge >= 0.3 is 0 Å². The van der Waals surface area contributed by atoms with Gasteiger partial charge < -0.3 is 10.4 Å². The molecule has 2 nitrogen and oxygen atoms in total. The highest BCUT2D eigenvalue weighted by Gasteiger charge is 2.12. The molecule has 0 fully saturated rings. The van der Waals surface area contributed by atoms with Crippen LogP contribution in [0.1, 0.15) is 36.6 Å². The van der Waals surface area contributed by atoms with Gasteiger partial charge in [0.1, 0.15) is 5.82 Å². The van der Waals surface area contributed by atoms with Gasteiger partial charge in [0.05, 0.1) is 6.10 Å². The molecule has 2 atom stereocenters. The van der Waals surface area contributed by atoms with Crippen molar-refractivity contribution in [2.24, 2.45) is 0 Å². The molecule has 0 saturated carbocycles. The molecule has 2 rings (SSSR count). The second-order valence-electron chi connectivity index (χ2n) is 4.85. The van der Waals surface area contributed by atoms with Gasteiger partial charge in [0.25, 0.3) is 0 Å². The summed E-state index contributed by atoms with van der Waals surface area (Å²) in [5.41, 5.74) is 1.93. The van der Waals surface area contributed by atoms with Crippen LogP contribution in [-0.4, -0.2) is 11.7 Å². The summed E-state index contributed by atoms with van der Waals surface area (Å²) in [5, 5.41) is 13.5. The van der Waals surface area contributed by atoms with Crippen LogP contribution in [0.2, 0.25) is 0 Å².